The summed E-state index contributed by atoms with van der Waals surface area (Å²) in [5.41, 5.74) is 2.13. The van der Waals surface area contributed by atoms with E-state index in [-0.39, 0.29) is 30.3 Å². The standard InChI is InChI=1S/C21H26N2O4/c1-15(2)27-14-17-7-5-16(6-8-17)11-22-21(25)18-10-20(24)23(12-18)13-19-4-3-9-26-19/h3-9,15,18H,10-14H2,1-2H3,(H,22,25). The minimum Gasteiger partial charge on any atom is -0.467 e. The molecule has 144 valence electrons. The highest BCUT2D eigenvalue weighted by Crippen LogP contribution is 2.20. The highest BCUT2D eigenvalue weighted by molar-refractivity contribution is 5.89. The van der Waals surface area contributed by atoms with Gasteiger partial charge in [-0.3, -0.25) is 9.59 Å². The molecule has 0 saturated carbocycles. The van der Waals surface area contributed by atoms with E-state index < -0.39 is 0 Å². The van der Waals surface area contributed by atoms with Crippen molar-refractivity contribution in [3.05, 3.63) is 59.5 Å². The van der Waals surface area contributed by atoms with E-state index >= 15 is 0 Å². The summed E-state index contributed by atoms with van der Waals surface area (Å²) in [7, 11) is 0. The third kappa shape index (κ3) is 5.44. The first-order valence-corrected chi connectivity index (χ1v) is 9.28. The number of likely N-dealkylation sites (tertiary alicyclic amines) is 1. The number of furan rings is 1. The minimum absolute atomic E-state index is 0.0129. The normalized spacial score (nSPS) is 16.9. The molecule has 2 heterocycles. The fraction of sp³-hybridized carbons (Fsp3) is 0.429. The molecule has 1 fully saturated rings. The molecule has 6 heteroatoms. The van der Waals surface area contributed by atoms with Crippen LogP contribution >= 0.6 is 0 Å². The quantitative estimate of drug-likeness (QED) is 0.776. The van der Waals surface area contributed by atoms with Crippen LogP contribution in [0.3, 0.4) is 0 Å². The number of benzene rings is 1. The average molecular weight is 370 g/mol. The molecule has 1 unspecified atom stereocenters. The van der Waals surface area contributed by atoms with Gasteiger partial charge in [-0.1, -0.05) is 24.3 Å². The average Bonchev–Trinajstić information content (AvgIpc) is 3.29. The van der Waals surface area contributed by atoms with Gasteiger partial charge in [0.1, 0.15) is 5.76 Å². The Hall–Kier alpha value is -2.60. The summed E-state index contributed by atoms with van der Waals surface area (Å²) in [5.74, 6) is 0.315. The highest BCUT2D eigenvalue weighted by Gasteiger charge is 2.34. The number of carbonyl (C=O) groups excluding carboxylic acids is 2. The lowest BCUT2D eigenvalue weighted by Gasteiger charge is -2.15. The summed E-state index contributed by atoms with van der Waals surface area (Å²) in [6, 6.07) is 11.6. The Balaban J connectivity index is 1.46. The topological polar surface area (TPSA) is 71.8 Å². The third-order valence-electron chi connectivity index (χ3n) is 4.59. The van der Waals surface area contributed by atoms with Gasteiger partial charge in [0.05, 0.1) is 31.4 Å². The number of amides is 2. The Bertz CT molecular complexity index is 753. The van der Waals surface area contributed by atoms with E-state index in [2.05, 4.69) is 5.32 Å². The minimum atomic E-state index is -0.314. The number of hydrogen-bond donors (Lipinski definition) is 1. The predicted octanol–water partition coefficient (Wildman–Crippen LogP) is 2.87. The van der Waals surface area contributed by atoms with Crippen molar-refractivity contribution in [2.45, 2.75) is 46.1 Å². The monoisotopic (exact) mass is 370 g/mol. The molecule has 0 spiro atoms. The number of nitrogens with zero attached hydrogens (tertiary/aromatic N) is 1. The number of rotatable bonds is 8. The Morgan fingerprint density at radius 3 is 2.67 bits per heavy atom. The fourth-order valence-corrected chi connectivity index (χ4v) is 3.04. The SMILES string of the molecule is CC(C)OCc1ccc(CNC(=O)C2CC(=O)N(Cc3ccco3)C2)cc1. The van der Waals surface area contributed by atoms with Crippen molar-refractivity contribution in [3.8, 4) is 0 Å². The van der Waals surface area contributed by atoms with Crippen molar-refractivity contribution < 1.29 is 18.7 Å². The van der Waals surface area contributed by atoms with Crippen LogP contribution in [0, 0.1) is 5.92 Å². The Labute approximate surface area is 159 Å². The molecule has 1 aliphatic heterocycles. The summed E-state index contributed by atoms with van der Waals surface area (Å²) in [4.78, 5) is 26.2. The van der Waals surface area contributed by atoms with Gasteiger partial charge in [0.25, 0.3) is 0 Å². The largest absolute Gasteiger partial charge is 0.467 e. The van der Waals surface area contributed by atoms with Crippen molar-refractivity contribution in [3.63, 3.8) is 0 Å². The van der Waals surface area contributed by atoms with E-state index in [0.717, 1.165) is 16.9 Å². The number of nitrogens with one attached hydrogen (secondary N) is 1. The highest BCUT2D eigenvalue weighted by atomic mass is 16.5. The molecule has 0 radical (unpaired) electrons. The number of hydrogen-bond acceptors (Lipinski definition) is 4. The Kier molecular flexibility index (Phi) is 6.29. The van der Waals surface area contributed by atoms with Crippen LogP contribution < -0.4 is 5.32 Å². The lowest BCUT2D eigenvalue weighted by atomic mass is 10.1. The summed E-state index contributed by atoms with van der Waals surface area (Å²) in [6.45, 7) is 5.89. The third-order valence-corrected chi connectivity index (χ3v) is 4.59. The zero-order valence-electron chi connectivity index (χ0n) is 15.8. The van der Waals surface area contributed by atoms with Gasteiger partial charge in [-0.05, 0) is 37.1 Å². The van der Waals surface area contributed by atoms with Gasteiger partial charge < -0.3 is 19.4 Å². The fourth-order valence-electron chi connectivity index (χ4n) is 3.04. The molecule has 3 rings (SSSR count). The predicted molar refractivity (Wildman–Crippen MR) is 100 cm³/mol. The lowest BCUT2D eigenvalue weighted by molar-refractivity contribution is -0.129. The maximum atomic E-state index is 12.4. The zero-order valence-corrected chi connectivity index (χ0v) is 15.8. The summed E-state index contributed by atoms with van der Waals surface area (Å²) >= 11 is 0. The van der Waals surface area contributed by atoms with Gasteiger partial charge in [0.2, 0.25) is 11.8 Å². The number of ether oxygens (including phenoxy) is 1. The molecule has 1 aromatic carbocycles. The molecule has 1 atom stereocenters. The smallest absolute Gasteiger partial charge is 0.225 e. The molecule has 2 amide bonds. The van der Waals surface area contributed by atoms with Crippen molar-refractivity contribution in [1.29, 1.82) is 0 Å². The van der Waals surface area contributed by atoms with Gasteiger partial charge >= 0.3 is 0 Å². The van der Waals surface area contributed by atoms with Gasteiger partial charge in [-0.25, -0.2) is 0 Å². The van der Waals surface area contributed by atoms with E-state index in [0.29, 0.717) is 26.2 Å². The second-order valence-corrected chi connectivity index (χ2v) is 7.15. The molecular formula is C21H26N2O4. The van der Waals surface area contributed by atoms with E-state index in [1.165, 1.54) is 0 Å². The Morgan fingerprint density at radius 2 is 2.00 bits per heavy atom. The molecule has 6 nitrogen and oxygen atoms in total. The lowest BCUT2D eigenvalue weighted by Crippen LogP contribution is -2.32. The van der Waals surface area contributed by atoms with Crippen LogP contribution in [0.4, 0.5) is 0 Å². The van der Waals surface area contributed by atoms with Crippen LogP contribution in [0.5, 0.6) is 0 Å². The second-order valence-electron chi connectivity index (χ2n) is 7.15. The molecule has 2 aromatic rings. The molecular weight excluding hydrogens is 344 g/mol. The van der Waals surface area contributed by atoms with Gasteiger partial charge in [0, 0.05) is 19.5 Å². The molecule has 1 aliphatic rings. The Morgan fingerprint density at radius 1 is 1.26 bits per heavy atom. The first-order valence-electron chi connectivity index (χ1n) is 9.28. The maximum absolute atomic E-state index is 12.4. The second kappa shape index (κ2) is 8.86. The van der Waals surface area contributed by atoms with Crippen LogP contribution in [-0.4, -0.2) is 29.4 Å². The van der Waals surface area contributed by atoms with E-state index in [1.54, 1.807) is 17.2 Å². The molecule has 0 aliphatic carbocycles. The van der Waals surface area contributed by atoms with Crippen molar-refractivity contribution in [2.75, 3.05) is 6.54 Å². The molecule has 0 bridgehead atoms. The molecule has 1 saturated heterocycles. The zero-order chi connectivity index (χ0) is 19.2. The molecule has 1 aromatic heterocycles. The van der Waals surface area contributed by atoms with Gasteiger partial charge in [-0.15, -0.1) is 0 Å². The van der Waals surface area contributed by atoms with E-state index in [9.17, 15) is 9.59 Å². The van der Waals surface area contributed by atoms with Crippen LogP contribution in [0.15, 0.2) is 47.1 Å². The summed E-state index contributed by atoms with van der Waals surface area (Å²) in [6.07, 6.45) is 2.03. The van der Waals surface area contributed by atoms with Crippen LogP contribution in [0.2, 0.25) is 0 Å². The summed E-state index contributed by atoms with van der Waals surface area (Å²) in [5, 5.41) is 2.94. The van der Waals surface area contributed by atoms with Crippen LogP contribution in [0.25, 0.3) is 0 Å². The van der Waals surface area contributed by atoms with Crippen LogP contribution in [0.1, 0.15) is 37.2 Å². The summed E-state index contributed by atoms with van der Waals surface area (Å²) < 4.78 is 10.9. The first kappa shape index (κ1) is 19.2. The van der Waals surface area contributed by atoms with Crippen molar-refractivity contribution in [2.24, 2.45) is 5.92 Å². The van der Waals surface area contributed by atoms with Crippen molar-refractivity contribution in [1.82, 2.24) is 10.2 Å². The van der Waals surface area contributed by atoms with Gasteiger partial charge in [-0.2, -0.15) is 0 Å². The maximum Gasteiger partial charge on any atom is 0.225 e. The van der Waals surface area contributed by atoms with Crippen molar-refractivity contribution >= 4 is 11.8 Å². The van der Waals surface area contributed by atoms with E-state index in [1.807, 2.05) is 44.2 Å². The molecule has 1 N–H and O–H groups in total. The molecule has 27 heavy (non-hydrogen) atoms. The van der Waals surface area contributed by atoms with E-state index in [4.69, 9.17) is 9.15 Å². The van der Waals surface area contributed by atoms with Gasteiger partial charge in [0.15, 0.2) is 0 Å². The number of carbonyl (C=O) groups is 2. The first-order chi connectivity index (χ1) is 13.0. The van der Waals surface area contributed by atoms with Crippen LogP contribution in [-0.2, 0) is 34.0 Å².